The largest absolute Gasteiger partial charge is 0 e. The summed E-state index contributed by atoms with van der Waals surface area (Å²) >= 11 is 0. The van der Waals surface area contributed by atoms with Crippen LogP contribution < -0.4 is 6.15 Å². The van der Waals surface area contributed by atoms with Crippen LogP contribution in [0.15, 0.2) is 0 Å². The van der Waals surface area contributed by atoms with Gasteiger partial charge in [-0.3, -0.25) is 0 Å². The van der Waals surface area contributed by atoms with E-state index in [2.05, 4.69) is 20.5 Å². The van der Waals surface area contributed by atoms with Crippen LogP contribution in [0.3, 0.4) is 0 Å². The Balaban J connectivity index is -0.0000000412. The Bertz CT molecular complexity index is 42.1. The first-order chi connectivity index (χ1) is 3.91. The number of hydrogen-bond donors (Lipinski definition) is 0. The molecular formula is C7H14NO2. The third kappa shape index (κ3) is 48.0. The van der Waals surface area contributed by atoms with E-state index in [0.29, 0.717) is 0 Å². The SMILES string of the molecule is CCCCCC.[C-]#[O+].[N].[O]. The molecule has 0 fully saturated rings. The molecule has 0 unspecified atom stereocenters. The van der Waals surface area contributed by atoms with Crippen molar-refractivity contribution in [1.82, 2.24) is 6.15 Å². The van der Waals surface area contributed by atoms with E-state index in [1.165, 1.54) is 25.7 Å². The molecule has 0 aromatic carbocycles. The quantitative estimate of drug-likeness (QED) is 0.329. The molecule has 0 rings (SSSR count). The average Bonchev–Trinajstić information content (AvgIpc) is 1.88. The topological polar surface area (TPSA) is 78.9 Å². The minimum Gasteiger partial charge on any atom is 0 e. The van der Waals surface area contributed by atoms with E-state index in [1.807, 2.05) is 0 Å². The fourth-order valence-electron chi connectivity index (χ4n) is 0.500. The van der Waals surface area contributed by atoms with Crippen molar-refractivity contribution in [3.05, 3.63) is 6.65 Å². The molecule has 10 heavy (non-hydrogen) atoms. The number of unbranched alkanes of at least 4 members (excludes halogenated alkanes) is 3. The summed E-state index contributed by atoms with van der Waals surface area (Å²) in [4.78, 5) is 0. The first kappa shape index (κ1) is 22.6. The summed E-state index contributed by atoms with van der Waals surface area (Å²) in [5.74, 6) is 0. The summed E-state index contributed by atoms with van der Waals surface area (Å²) in [6.45, 7) is 8.96. The minimum atomic E-state index is 0. The van der Waals surface area contributed by atoms with Gasteiger partial charge in [-0.05, 0) is 0 Å². The molecule has 59 valence electrons. The van der Waals surface area contributed by atoms with Crippen LogP contribution in [0.1, 0.15) is 39.5 Å². The second kappa shape index (κ2) is 37.9. The van der Waals surface area contributed by atoms with Gasteiger partial charge in [0.2, 0.25) is 0 Å². The third-order valence-electron chi connectivity index (χ3n) is 0.957. The van der Waals surface area contributed by atoms with Crippen molar-refractivity contribution in [3.63, 3.8) is 0 Å². The van der Waals surface area contributed by atoms with Gasteiger partial charge < -0.3 is 0 Å². The van der Waals surface area contributed by atoms with Gasteiger partial charge in [-0.25, -0.2) is 0 Å². The van der Waals surface area contributed by atoms with Gasteiger partial charge in [0.15, 0.2) is 0 Å². The summed E-state index contributed by atoms with van der Waals surface area (Å²) in [6.07, 6.45) is 5.54. The molecule has 0 N–H and O–H groups in total. The zero-order chi connectivity index (χ0) is 6.83. The van der Waals surface area contributed by atoms with Crippen molar-refractivity contribution in [2.45, 2.75) is 39.5 Å². The fraction of sp³-hybridized carbons (Fsp3) is 0.857. The predicted octanol–water partition coefficient (Wildman–Crippen LogP) is 1.95. The van der Waals surface area contributed by atoms with E-state index in [9.17, 15) is 0 Å². The standard InChI is InChI=1S/C6H14.CO.N.O/c1-3-5-6-4-2;1-2;;/h3-6H2,1-2H3;;;. The summed E-state index contributed by atoms with van der Waals surface area (Å²) in [5.41, 5.74) is 0. The van der Waals surface area contributed by atoms with Crippen LogP contribution in [-0.4, -0.2) is 0 Å². The van der Waals surface area contributed by atoms with Crippen molar-refractivity contribution >= 4 is 0 Å². The van der Waals surface area contributed by atoms with E-state index >= 15 is 0 Å². The van der Waals surface area contributed by atoms with Crippen LogP contribution in [-0.2, 0) is 10.1 Å². The molecule has 0 atom stereocenters. The van der Waals surface area contributed by atoms with Gasteiger partial charge in [0, 0.05) is 11.6 Å². The van der Waals surface area contributed by atoms with Crippen molar-refractivity contribution in [2.24, 2.45) is 0 Å². The Hall–Kier alpha value is -0.340. The molecule has 3 nitrogen and oxygen atoms in total. The van der Waals surface area contributed by atoms with Crippen LogP contribution >= 0.6 is 0 Å². The maximum Gasteiger partial charge on any atom is 0 e. The fourth-order valence-corrected chi connectivity index (χ4v) is 0.500. The van der Waals surface area contributed by atoms with Gasteiger partial charge in [0.1, 0.15) is 0 Å². The molecule has 0 aliphatic heterocycles. The summed E-state index contributed by atoms with van der Waals surface area (Å²) in [6, 6.07) is 0. The Kier molecular flexibility index (Phi) is 85.8. The Morgan fingerprint density at radius 1 is 1.00 bits per heavy atom. The monoisotopic (exact) mass is 144 g/mol. The van der Waals surface area contributed by atoms with Gasteiger partial charge in [0.25, 0.3) is 0 Å². The van der Waals surface area contributed by atoms with Gasteiger partial charge in [-0.15, -0.1) is 0 Å². The molecule has 0 aliphatic carbocycles. The molecule has 0 aromatic rings. The van der Waals surface area contributed by atoms with Crippen molar-refractivity contribution in [1.29, 1.82) is 0 Å². The first-order valence-corrected chi connectivity index (χ1v) is 3.12. The Morgan fingerprint density at radius 3 is 1.30 bits per heavy atom. The van der Waals surface area contributed by atoms with Gasteiger partial charge in [-0.2, -0.15) is 0 Å². The molecule has 0 bridgehead atoms. The Morgan fingerprint density at radius 2 is 1.20 bits per heavy atom. The third-order valence-corrected chi connectivity index (χ3v) is 0.957. The van der Waals surface area contributed by atoms with Gasteiger partial charge in [0.05, 0.1) is 0 Å². The summed E-state index contributed by atoms with van der Waals surface area (Å²) in [7, 11) is 0. The number of nitrogens with zero attached hydrogens (tertiary/aromatic N) is 1. The smallest absolute Gasteiger partial charge is 0 e. The van der Waals surface area contributed by atoms with Crippen LogP contribution in [0.25, 0.3) is 0 Å². The van der Waals surface area contributed by atoms with E-state index < -0.39 is 0 Å². The second-order valence-electron chi connectivity index (χ2n) is 1.71. The minimum absolute atomic E-state index is 0. The van der Waals surface area contributed by atoms with Crippen molar-refractivity contribution in [2.75, 3.05) is 0 Å². The Labute approximate surface area is 63.4 Å². The summed E-state index contributed by atoms with van der Waals surface area (Å²) < 4.78 is 7.50. The number of rotatable bonds is 3. The molecular weight excluding hydrogens is 130 g/mol. The van der Waals surface area contributed by atoms with Crippen LogP contribution in [0.4, 0.5) is 0 Å². The van der Waals surface area contributed by atoms with Gasteiger partial charge >= 0.3 is 11.3 Å². The molecule has 3 heteroatoms. The molecule has 0 aromatic heterocycles. The molecule has 0 heterocycles. The average molecular weight is 144 g/mol. The van der Waals surface area contributed by atoms with E-state index in [4.69, 9.17) is 4.65 Å². The van der Waals surface area contributed by atoms with E-state index in [0.717, 1.165) is 0 Å². The van der Waals surface area contributed by atoms with Crippen LogP contribution in [0, 0.1) is 6.65 Å². The molecule has 5 radical (unpaired) electrons. The number of hydrogen-bond acceptors (Lipinski definition) is 0. The second-order valence-corrected chi connectivity index (χ2v) is 1.71. The zero-order valence-electron chi connectivity index (χ0n) is 6.59. The molecule has 0 saturated heterocycles. The van der Waals surface area contributed by atoms with Crippen LogP contribution in [0.2, 0.25) is 0 Å². The van der Waals surface area contributed by atoms with Crippen LogP contribution in [0.5, 0.6) is 0 Å². The normalized spacial score (nSPS) is 5.60. The van der Waals surface area contributed by atoms with E-state index in [-0.39, 0.29) is 11.6 Å². The first-order valence-electron chi connectivity index (χ1n) is 3.12. The van der Waals surface area contributed by atoms with Gasteiger partial charge in [-0.1, -0.05) is 39.5 Å². The molecule has 0 spiro atoms. The van der Waals surface area contributed by atoms with Crippen molar-refractivity contribution < 1.29 is 10.1 Å². The maximum absolute atomic E-state index is 7.50. The van der Waals surface area contributed by atoms with Crippen molar-refractivity contribution in [3.8, 4) is 0 Å². The predicted molar refractivity (Wildman–Crippen MR) is 36.6 cm³/mol. The van der Waals surface area contributed by atoms with E-state index in [1.54, 1.807) is 0 Å². The zero-order valence-corrected chi connectivity index (χ0v) is 6.59. The summed E-state index contributed by atoms with van der Waals surface area (Å²) in [5, 5.41) is 0. The maximum atomic E-state index is 7.50. The molecule has 0 aliphatic rings. The molecule has 0 amide bonds. The molecule has 0 saturated carbocycles.